The number of hydrogen-bond acceptors (Lipinski definition) is 3. The summed E-state index contributed by atoms with van der Waals surface area (Å²) in [6.45, 7) is 1.21. The monoisotopic (exact) mass is 184 g/mol. The van der Waals surface area contributed by atoms with E-state index in [9.17, 15) is 9.70 Å². The number of piperidine rings is 1. The van der Waals surface area contributed by atoms with Gasteiger partial charge in [-0.1, -0.05) is 0 Å². The van der Waals surface area contributed by atoms with Crippen molar-refractivity contribution in [1.82, 2.24) is 5.01 Å². The maximum absolute atomic E-state index is 10.7. The highest BCUT2D eigenvalue weighted by atomic mass is 16.4. The Kier molecular flexibility index (Phi) is 1.75. The van der Waals surface area contributed by atoms with Gasteiger partial charge in [-0.15, -0.1) is 4.91 Å². The molecule has 0 amide bonds. The minimum Gasteiger partial charge on any atom is -0.481 e. The van der Waals surface area contributed by atoms with Crippen molar-refractivity contribution in [1.29, 1.82) is 0 Å². The molecule has 1 aliphatic heterocycles. The molecule has 1 N–H and O–H groups in total. The van der Waals surface area contributed by atoms with Crippen molar-refractivity contribution in [3.8, 4) is 0 Å². The predicted molar refractivity (Wildman–Crippen MR) is 44.8 cm³/mol. The molecule has 2 atom stereocenters. The number of nitrogens with zero attached hydrogens (tertiary/aromatic N) is 2. The molecule has 1 heterocycles. The highest BCUT2D eigenvalue weighted by Gasteiger charge is 2.59. The van der Waals surface area contributed by atoms with Gasteiger partial charge in [-0.2, -0.15) is 0 Å². The van der Waals surface area contributed by atoms with Crippen LogP contribution in [0.1, 0.15) is 19.3 Å². The lowest BCUT2D eigenvalue weighted by Gasteiger charge is -2.28. The lowest BCUT2D eigenvalue weighted by molar-refractivity contribution is -0.139. The van der Waals surface area contributed by atoms with E-state index in [2.05, 4.69) is 5.29 Å². The van der Waals surface area contributed by atoms with Crippen LogP contribution in [0.3, 0.4) is 0 Å². The predicted octanol–water partition coefficient (Wildman–Crippen LogP) is 0.855. The van der Waals surface area contributed by atoms with Gasteiger partial charge in [0, 0.05) is 18.5 Å². The Bertz CT molecular complexity index is 256. The summed E-state index contributed by atoms with van der Waals surface area (Å²) in [7, 11) is 0. The van der Waals surface area contributed by atoms with E-state index in [0.29, 0.717) is 19.5 Å². The molecule has 0 aromatic rings. The summed E-state index contributed by atoms with van der Waals surface area (Å²) in [6, 6.07) is 0. The zero-order valence-electron chi connectivity index (χ0n) is 7.27. The Labute approximate surface area is 75.7 Å². The number of carboxylic acids is 1. The fraction of sp³-hybridized carbons (Fsp3) is 0.875. The number of hydrogen-bond donors (Lipinski definition) is 1. The molecule has 1 saturated carbocycles. The Morgan fingerprint density at radius 1 is 1.62 bits per heavy atom. The van der Waals surface area contributed by atoms with Crippen LogP contribution in [0, 0.1) is 16.2 Å². The second-order valence-electron chi connectivity index (χ2n) is 4.03. The molecule has 1 saturated heterocycles. The molecule has 2 fully saturated rings. The van der Waals surface area contributed by atoms with Crippen LogP contribution in [0.5, 0.6) is 0 Å². The first-order valence-electron chi connectivity index (χ1n) is 4.49. The van der Waals surface area contributed by atoms with Gasteiger partial charge in [-0.3, -0.25) is 9.80 Å². The Morgan fingerprint density at radius 2 is 2.38 bits per heavy atom. The van der Waals surface area contributed by atoms with Gasteiger partial charge < -0.3 is 5.11 Å². The van der Waals surface area contributed by atoms with Gasteiger partial charge in [-0.25, -0.2) is 0 Å². The molecule has 1 spiro atoms. The number of aliphatic carboxylic acids is 1. The summed E-state index contributed by atoms with van der Waals surface area (Å²) in [5.41, 5.74) is -0.127. The fourth-order valence-electron chi connectivity index (χ4n) is 2.35. The smallest absolute Gasteiger partial charge is 0.307 e. The van der Waals surface area contributed by atoms with Crippen molar-refractivity contribution >= 4 is 5.97 Å². The average Bonchev–Trinajstić information content (AvgIpc) is 2.80. The molecule has 13 heavy (non-hydrogen) atoms. The van der Waals surface area contributed by atoms with Gasteiger partial charge in [0.2, 0.25) is 0 Å². The van der Waals surface area contributed by atoms with Crippen LogP contribution in [-0.2, 0) is 4.79 Å². The Balaban J connectivity index is 2.02. The molecule has 0 aromatic heterocycles. The molecular formula is C8H12N2O3. The lowest BCUT2D eigenvalue weighted by Crippen LogP contribution is -2.34. The van der Waals surface area contributed by atoms with Gasteiger partial charge in [-0.05, 0) is 19.3 Å². The first-order valence-corrected chi connectivity index (χ1v) is 4.49. The van der Waals surface area contributed by atoms with E-state index in [-0.39, 0.29) is 11.3 Å². The van der Waals surface area contributed by atoms with Gasteiger partial charge in [0.05, 0.1) is 11.2 Å². The van der Waals surface area contributed by atoms with E-state index in [1.165, 1.54) is 5.01 Å². The number of nitroso groups, excluding NO2 is 1. The van der Waals surface area contributed by atoms with Crippen LogP contribution in [0.4, 0.5) is 0 Å². The summed E-state index contributed by atoms with van der Waals surface area (Å²) < 4.78 is 0. The first-order chi connectivity index (χ1) is 6.18. The summed E-state index contributed by atoms with van der Waals surface area (Å²) >= 11 is 0. The second kappa shape index (κ2) is 2.68. The van der Waals surface area contributed by atoms with Crippen molar-refractivity contribution in [3.63, 3.8) is 0 Å². The summed E-state index contributed by atoms with van der Waals surface area (Å²) in [4.78, 5) is 21.0. The largest absolute Gasteiger partial charge is 0.481 e. The first kappa shape index (κ1) is 8.47. The van der Waals surface area contributed by atoms with E-state index in [0.717, 1.165) is 12.8 Å². The minimum absolute atomic E-state index is 0.127. The van der Waals surface area contributed by atoms with Crippen LogP contribution in [0.15, 0.2) is 5.29 Å². The standard InChI is InChI=1S/C8H12N2O3/c11-7(12)6-4-8(6)2-1-3-10(5-8)9-13/h6H,1-5H2,(H,11,12). The van der Waals surface area contributed by atoms with Crippen molar-refractivity contribution in [2.45, 2.75) is 19.3 Å². The molecular weight excluding hydrogens is 172 g/mol. The van der Waals surface area contributed by atoms with E-state index in [1.807, 2.05) is 0 Å². The summed E-state index contributed by atoms with van der Waals surface area (Å²) in [6.07, 6.45) is 2.53. The summed E-state index contributed by atoms with van der Waals surface area (Å²) in [5, 5.41) is 13.1. The van der Waals surface area contributed by atoms with E-state index >= 15 is 0 Å². The fourth-order valence-corrected chi connectivity index (χ4v) is 2.35. The maximum Gasteiger partial charge on any atom is 0.307 e. The molecule has 0 radical (unpaired) electrons. The Hall–Kier alpha value is -1.13. The number of carboxylic acid groups (broad SMARTS) is 1. The third-order valence-corrected chi connectivity index (χ3v) is 3.19. The average molecular weight is 184 g/mol. The molecule has 2 aliphatic rings. The van der Waals surface area contributed by atoms with Crippen molar-refractivity contribution in [3.05, 3.63) is 4.91 Å². The van der Waals surface area contributed by atoms with Crippen LogP contribution in [-0.4, -0.2) is 29.2 Å². The third kappa shape index (κ3) is 1.28. The van der Waals surface area contributed by atoms with Crippen molar-refractivity contribution in [2.75, 3.05) is 13.1 Å². The quantitative estimate of drug-likeness (QED) is 0.646. The molecule has 72 valence electrons. The number of carbonyl (C=O) groups is 1. The van der Waals surface area contributed by atoms with Crippen molar-refractivity contribution in [2.24, 2.45) is 16.6 Å². The molecule has 0 bridgehead atoms. The SMILES string of the molecule is O=NN1CCCC2(CC2C(=O)O)C1. The van der Waals surface area contributed by atoms with Gasteiger partial charge in [0.25, 0.3) is 0 Å². The zero-order valence-corrected chi connectivity index (χ0v) is 7.27. The zero-order chi connectivity index (χ0) is 9.47. The highest BCUT2D eigenvalue weighted by Crippen LogP contribution is 2.57. The van der Waals surface area contributed by atoms with Gasteiger partial charge in [0.1, 0.15) is 0 Å². The van der Waals surface area contributed by atoms with Crippen LogP contribution >= 0.6 is 0 Å². The van der Waals surface area contributed by atoms with E-state index in [1.54, 1.807) is 0 Å². The minimum atomic E-state index is -0.729. The molecule has 5 nitrogen and oxygen atoms in total. The topological polar surface area (TPSA) is 70.0 Å². The van der Waals surface area contributed by atoms with Crippen molar-refractivity contribution < 1.29 is 9.90 Å². The van der Waals surface area contributed by atoms with Gasteiger partial charge in [0.15, 0.2) is 0 Å². The molecule has 1 aliphatic carbocycles. The normalized spacial score (nSPS) is 37.5. The van der Waals surface area contributed by atoms with Crippen LogP contribution in [0.25, 0.3) is 0 Å². The highest BCUT2D eigenvalue weighted by molar-refractivity contribution is 5.74. The second-order valence-corrected chi connectivity index (χ2v) is 4.03. The van der Waals surface area contributed by atoms with E-state index in [4.69, 9.17) is 5.11 Å². The lowest BCUT2D eigenvalue weighted by atomic mass is 9.93. The third-order valence-electron chi connectivity index (χ3n) is 3.19. The molecule has 2 rings (SSSR count). The molecule has 2 unspecified atom stereocenters. The molecule has 0 aromatic carbocycles. The van der Waals surface area contributed by atoms with E-state index < -0.39 is 5.97 Å². The van der Waals surface area contributed by atoms with Crippen LogP contribution in [0.2, 0.25) is 0 Å². The number of rotatable bonds is 2. The Morgan fingerprint density at radius 3 is 2.92 bits per heavy atom. The molecule has 5 heteroatoms. The summed E-state index contributed by atoms with van der Waals surface area (Å²) in [5.74, 6) is -0.968. The van der Waals surface area contributed by atoms with Gasteiger partial charge >= 0.3 is 5.97 Å². The van der Waals surface area contributed by atoms with Crippen LogP contribution < -0.4 is 0 Å². The maximum atomic E-state index is 10.7.